The summed E-state index contributed by atoms with van der Waals surface area (Å²) >= 11 is 1.60. The van der Waals surface area contributed by atoms with Gasteiger partial charge < -0.3 is 14.8 Å². The molecule has 4 aromatic rings. The molecule has 0 amide bonds. The number of benzene rings is 2. The van der Waals surface area contributed by atoms with Crippen LogP contribution in [0.25, 0.3) is 21.5 Å². The third kappa shape index (κ3) is 2.87. The number of rotatable bonds is 5. The van der Waals surface area contributed by atoms with Crippen molar-refractivity contribution in [3.8, 4) is 16.3 Å². The Morgan fingerprint density at radius 1 is 1.20 bits per heavy atom. The van der Waals surface area contributed by atoms with E-state index in [0.29, 0.717) is 24.3 Å². The lowest BCUT2D eigenvalue weighted by atomic mass is 9.71. The number of fused-ring (bicyclic) bond motifs is 4. The Balaban J connectivity index is 1.62. The Hall–Kier alpha value is -2.96. The van der Waals surface area contributed by atoms with Crippen LogP contribution in [-0.4, -0.2) is 34.1 Å². The van der Waals surface area contributed by atoms with Crippen LogP contribution in [0.4, 0.5) is 0 Å². The van der Waals surface area contributed by atoms with E-state index in [1.54, 1.807) is 17.5 Å². The zero-order valence-electron chi connectivity index (χ0n) is 16.9. The fourth-order valence-corrected chi connectivity index (χ4v) is 4.89. The van der Waals surface area contributed by atoms with E-state index >= 15 is 0 Å². The second-order valence-electron chi connectivity index (χ2n) is 8.06. The summed E-state index contributed by atoms with van der Waals surface area (Å²) in [5, 5.41) is 12.8. The van der Waals surface area contributed by atoms with Gasteiger partial charge in [-0.05, 0) is 29.8 Å². The first-order valence-electron chi connectivity index (χ1n) is 9.99. The van der Waals surface area contributed by atoms with Gasteiger partial charge in [-0.25, -0.2) is 4.98 Å². The Labute approximate surface area is 178 Å². The zero-order valence-corrected chi connectivity index (χ0v) is 17.7. The van der Waals surface area contributed by atoms with E-state index in [-0.39, 0.29) is 17.8 Å². The number of nitrogens with zero attached hydrogens (tertiary/aromatic N) is 1. The third-order valence-corrected chi connectivity index (χ3v) is 6.63. The highest BCUT2D eigenvalue weighted by molar-refractivity contribution is 7.13. The number of nitrogens with one attached hydrogen (secondary N) is 1. The molecule has 5 rings (SSSR count). The first-order valence-corrected chi connectivity index (χ1v) is 10.9. The van der Waals surface area contributed by atoms with E-state index in [0.717, 1.165) is 38.3 Å². The van der Waals surface area contributed by atoms with Gasteiger partial charge in [0.1, 0.15) is 10.8 Å². The SMILES string of the molecule is CC1(C)c2cc(OCCCO)ccc2C(=O)c2c1[nH]c1cc(-c3nccs3)ccc21. The van der Waals surface area contributed by atoms with Crippen molar-refractivity contribution in [1.82, 2.24) is 9.97 Å². The lowest BCUT2D eigenvalue weighted by Crippen LogP contribution is -2.30. The molecule has 0 saturated carbocycles. The maximum absolute atomic E-state index is 13.5. The normalized spacial score (nSPS) is 14.6. The minimum absolute atomic E-state index is 0.0366. The summed E-state index contributed by atoms with van der Waals surface area (Å²) in [6, 6.07) is 11.8. The van der Waals surface area contributed by atoms with Crippen LogP contribution in [0.1, 0.15) is 47.4 Å². The second kappa shape index (κ2) is 7.07. The van der Waals surface area contributed by atoms with Gasteiger partial charge in [0.05, 0.1) is 12.2 Å². The lowest BCUT2D eigenvalue weighted by molar-refractivity contribution is 0.103. The molecule has 0 unspecified atom stereocenters. The molecule has 0 bridgehead atoms. The number of hydrogen-bond acceptors (Lipinski definition) is 5. The van der Waals surface area contributed by atoms with Gasteiger partial charge >= 0.3 is 0 Å². The van der Waals surface area contributed by atoms with Gasteiger partial charge in [0.2, 0.25) is 0 Å². The van der Waals surface area contributed by atoms with Crippen molar-refractivity contribution in [1.29, 1.82) is 0 Å². The molecular formula is C24H22N2O3S. The highest BCUT2D eigenvalue weighted by Gasteiger charge is 2.39. The molecule has 2 N–H and O–H groups in total. The Morgan fingerprint density at radius 2 is 2.07 bits per heavy atom. The number of thiazole rings is 1. The molecule has 0 atom stereocenters. The van der Waals surface area contributed by atoms with Crippen LogP contribution in [0.3, 0.4) is 0 Å². The van der Waals surface area contributed by atoms with Crippen LogP contribution in [0.5, 0.6) is 5.75 Å². The molecular weight excluding hydrogens is 396 g/mol. The van der Waals surface area contributed by atoms with E-state index in [1.165, 1.54) is 0 Å². The number of ether oxygens (including phenoxy) is 1. The predicted octanol–water partition coefficient (Wildman–Crippen LogP) is 4.92. The summed E-state index contributed by atoms with van der Waals surface area (Å²) in [6.07, 6.45) is 2.38. The molecule has 1 aliphatic rings. The van der Waals surface area contributed by atoms with Gasteiger partial charge in [-0.15, -0.1) is 11.3 Å². The Bertz CT molecular complexity index is 1260. The summed E-state index contributed by atoms with van der Waals surface area (Å²) in [6.45, 7) is 4.80. The number of carbonyl (C=O) groups excluding carboxylic acids is 1. The van der Waals surface area contributed by atoms with Crippen molar-refractivity contribution in [2.24, 2.45) is 0 Å². The Morgan fingerprint density at radius 3 is 2.83 bits per heavy atom. The first kappa shape index (κ1) is 19.0. The summed E-state index contributed by atoms with van der Waals surface area (Å²) in [5.41, 5.74) is 4.95. The number of hydrogen-bond donors (Lipinski definition) is 2. The summed E-state index contributed by atoms with van der Waals surface area (Å²) in [5.74, 6) is 0.753. The number of aliphatic hydroxyl groups is 1. The van der Waals surface area contributed by atoms with E-state index in [4.69, 9.17) is 9.84 Å². The molecule has 5 nitrogen and oxygen atoms in total. The van der Waals surface area contributed by atoms with Crippen molar-refractivity contribution >= 4 is 28.0 Å². The second-order valence-corrected chi connectivity index (χ2v) is 8.95. The molecule has 30 heavy (non-hydrogen) atoms. The molecule has 0 aliphatic heterocycles. The van der Waals surface area contributed by atoms with E-state index in [1.807, 2.05) is 35.7 Å². The zero-order chi connectivity index (χ0) is 20.9. The molecule has 1 aliphatic carbocycles. The van der Waals surface area contributed by atoms with Crippen LogP contribution in [0.2, 0.25) is 0 Å². The maximum Gasteiger partial charge on any atom is 0.195 e. The summed E-state index contributed by atoms with van der Waals surface area (Å²) < 4.78 is 5.76. The molecule has 0 saturated heterocycles. The van der Waals surface area contributed by atoms with Crippen LogP contribution < -0.4 is 4.74 Å². The summed E-state index contributed by atoms with van der Waals surface area (Å²) in [7, 11) is 0. The highest BCUT2D eigenvalue weighted by atomic mass is 32.1. The number of aliphatic hydroxyl groups excluding tert-OH is 1. The number of aromatic nitrogens is 2. The monoisotopic (exact) mass is 418 g/mol. The Kier molecular flexibility index (Phi) is 4.49. The summed E-state index contributed by atoms with van der Waals surface area (Å²) in [4.78, 5) is 21.4. The lowest BCUT2D eigenvalue weighted by Gasteiger charge is -2.32. The fourth-order valence-electron chi connectivity index (χ4n) is 4.25. The van der Waals surface area contributed by atoms with Crippen molar-refractivity contribution < 1.29 is 14.6 Å². The molecule has 0 spiro atoms. The average molecular weight is 419 g/mol. The van der Waals surface area contributed by atoms with Gasteiger partial charge in [0.15, 0.2) is 5.78 Å². The van der Waals surface area contributed by atoms with Crippen LogP contribution in [0, 0.1) is 0 Å². The molecule has 6 heteroatoms. The van der Waals surface area contributed by atoms with Gasteiger partial charge in [0.25, 0.3) is 0 Å². The van der Waals surface area contributed by atoms with Crippen LogP contribution >= 0.6 is 11.3 Å². The average Bonchev–Trinajstić information content (AvgIpc) is 3.40. The number of aromatic amines is 1. The van der Waals surface area contributed by atoms with Gasteiger partial charge in [0, 0.05) is 57.7 Å². The van der Waals surface area contributed by atoms with Gasteiger partial charge in [-0.1, -0.05) is 26.0 Å². The number of H-pyrrole nitrogens is 1. The minimum Gasteiger partial charge on any atom is -0.493 e. The van der Waals surface area contributed by atoms with E-state index in [2.05, 4.69) is 29.9 Å². The topological polar surface area (TPSA) is 75.2 Å². The highest BCUT2D eigenvalue weighted by Crippen LogP contribution is 2.45. The molecule has 2 aromatic carbocycles. The largest absolute Gasteiger partial charge is 0.493 e. The van der Waals surface area contributed by atoms with E-state index < -0.39 is 0 Å². The van der Waals surface area contributed by atoms with Crippen LogP contribution in [-0.2, 0) is 5.41 Å². The fraction of sp³-hybridized carbons (Fsp3) is 0.250. The number of carbonyl (C=O) groups is 1. The molecule has 2 heterocycles. The third-order valence-electron chi connectivity index (χ3n) is 5.81. The van der Waals surface area contributed by atoms with E-state index in [9.17, 15) is 4.79 Å². The molecule has 0 fully saturated rings. The van der Waals surface area contributed by atoms with Crippen LogP contribution in [0.15, 0.2) is 48.0 Å². The standard InChI is InChI=1S/C24H22N2O3S/c1-24(2)18-13-15(29-10-3-9-27)5-7-16(18)21(28)20-17-6-4-14(23-25-8-11-30-23)12-19(17)26-22(20)24/h4-8,11-13,26-27H,3,9-10H2,1-2H3. The first-order chi connectivity index (χ1) is 14.5. The van der Waals surface area contributed by atoms with Gasteiger partial charge in [-0.3, -0.25) is 4.79 Å². The smallest absolute Gasteiger partial charge is 0.195 e. The molecule has 2 aromatic heterocycles. The van der Waals surface area contributed by atoms with Crippen molar-refractivity contribution in [2.75, 3.05) is 13.2 Å². The van der Waals surface area contributed by atoms with Crippen molar-refractivity contribution in [2.45, 2.75) is 25.7 Å². The predicted molar refractivity (Wildman–Crippen MR) is 119 cm³/mol. The minimum atomic E-state index is -0.380. The maximum atomic E-state index is 13.5. The number of ketones is 1. The van der Waals surface area contributed by atoms with Crippen molar-refractivity contribution in [3.05, 3.63) is 70.4 Å². The molecule has 0 radical (unpaired) electrons. The van der Waals surface area contributed by atoms with Gasteiger partial charge in [-0.2, -0.15) is 0 Å². The van der Waals surface area contributed by atoms with Crippen molar-refractivity contribution in [3.63, 3.8) is 0 Å². The molecule has 152 valence electrons. The quantitative estimate of drug-likeness (QED) is 0.451.